The fourth-order valence-electron chi connectivity index (χ4n) is 3.17. The summed E-state index contributed by atoms with van der Waals surface area (Å²) in [5.74, 6) is 0.0285. The molecule has 24 heavy (non-hydrogen) atoms. The van der Waals surface area contributed by atoms with Gasteiger partial charge in [-0.2, -0.15) is 5.10 Å². The number of hydrogen-bond donors (Lipinski definition) is 2. The number of benzene rings is 1. The molecule has 1 atom stereocenters. The Morgan fingerprint density at radius 1 is 1.25 bits per heavy atom. The van der Waals surface area contributed by atoms with Crippen LogP contribution in [0.1, 0.15) is 30.5 Å². The van der Waals surface area contributed by atoms with Gasteiger partial charge < -0.3 is 4.90 Å². The van der Waals surface area contributed by atoms with E-state index < -0.39 is 11.2 Å². The van der Waals surface area contributed by atoms with E-state index in [1.54, 1.807) is 0 Å². The average Bonchev–Trinajstić information content (AvgIpc) is 3.03. The molecular formula is C17H20N4O3. The Kier molecular flexibility index (Phi) is 4.88. The third kappa shape index (κ3) is 3.79. The summed E-state index contributed by atoms with van der Waals surface area (Å²) >= 11 is 0. The molecule has 0 bridgehead atoms. The first-order valence-corrected chi connectivity index (χ1v) is 8.15. The molecule has 126 valence electrons. The van der Waals surface area contributed by atoms with E-state index in [2.05, 4.69) is 27.3 Å². The number of carbonyl (C=O) groups is 1. The van der Waals surface area contributed by atoms with Gasteiger partial charge in [-0.25, -0.2) is 9.89 Å². The summed E-state index contributed by atoms with van der Waals surface area (Å²) in [5, 5.41) is 5.90. The fraction of sp³-hybridized carbons (Fsp3) is 0.412. The van der Waals surface area contributed by atoms with Crippen molar-refractivity contribution in [2.45, 2.75) is 38.1 Å². The second-order valence-corrected chi connectivity index (χ2v) is 6.03. The lowest BCUT2D eigenvalue weighted by Gasteiger charge is -2.25. The molecule has 7 heteroatoms. The highest BCUT2D eigenvalue weighted by Crippen LogP contribution is 2.22. The molecule has 1 saturated heterocycles. The standard InChI is InChI=1S/C17H20N4O3/c22-15(9-8-14-16(23)18-17(24)20-19-14)21-10-4-7-13(21)11-12-5-2-1-3-6-12/h1-3,5-6,13H,4,7-11H2,(H2,18,20,23,24)/t13-/m1/s1. The number of hydrogen-bond acceptors (Lipinski definition) is 4. The Labute approximate surface area is 138 Å². The van der Waals surface area contributed by atoms with Crippen LogP contribution in [-0.4, -0.2) is 38.6 Å². The van der Waals surface area contributed by atoms with Crippen LogP contribution in [0.2, 0.25) is 0 Å². The van der Waals surface area contributed by atoms with Gasteiger partial charge in [0.1, 0.15) is 5.69 Å². The van der Waals surface area contributed by atoms with Crippen LogP contribution in [0.25, 0.3) is 0 Å². The number of amides is 1. The maximum Gasteiger partial charge on any atom is 0.342 e. The first kappa shape index (κ1) is 16.2. The van der Waals surface area contributed by atoms with Crippen LogP contribution >= 0.6 is 0 Å². The number of aromatic amines is 2. The Balaban J connectivity index is 1.61. The quantitative estimate of drug-likeness (QED) is 0.840. The first-order chi connectivity index (χ1) is 11.6. The molecule has 2 heterocycles. The van der Waals surface area contributed by atoms with E-state index in [0.29, 0.717) is 0 Å². The second kappa shape index (κ2) is 7.25. The van der Waals surface area contributed by atoms with Crippen molar-refractivity contribution in [3.8, 4) is 0 Å². The van der Waals surface area contributed by atoms with Gasteiger partial charge in [-0.05, 0) is 24.8 Å². The molecule has 0 spiro atoms. The summed E-state index contributed by atoms with van der Waals surface area (Å²) in [6.07, 6.45) is 3.29. The molecule has 1 aliphatic rings. The van der Waals surface area contributed by atoms with E-state index in [-0.39, 0.29) is 30.5 Å². The van der Waals surface area contributed by atoms with Crippen molar-refractivity contribution in [3.63, 3.8) is 0 Å². The number of rotatable bonds is 5. The molecule has 3 rings (SSSR count). The molecule has 1 amide bonds. The minimum absolute atomic E-state index is 0.0285. The highest BCUT2D eigenvalue weighted by molar-refractivity contribution is 5.77. The van der Waals surface area contributed by atoms with E-state index >= 15 is 0 Å². The monoisotopic (exact) mass is 328 g/mol. The van der Waals surface area contributed by atoms with Gasteiger partial charge >= 0.3 is 5.69 Å². The van der Waals surface area contributed by atoms with Crippen LogP contribution in [-0.2, 0) is 17.6 Å². The number of nitrogens with one attached hydrogen (secondary N) is 2. The number of nitrogens with zero attached hydrogens (tertiary/aromatic N) is 2. The van der Waals surface area contributed by atoms with E-state index in [0.717, 1.165) is 25.8 Å². The topological polar surface area (TPSA) is 98.9 Å². The molecule has 0 aliphatic carbocycles. The van der Waals surface area contributed by atoms with Gasteiger partial charge in [-0.3, -0.25) is 14.6 Å². The van der Waals surface area contributed by atoms with Gasteiger partial charge in [0, 0.05) is 25.4 Å². The normalized spacial score (nSPS) is 17.2. The van der Waals surface area contributed by atoms with E-state index in [1.807, 2.05) is 23.1 Å². The molecule has 1 aromatic heterocycles. The van der Waals surface area contributed by atoms with Gasteiger partial charge in [0.2, 0.25) is 5.91 Å². The zero-order valence-electron chi connectivity index (χ0n) is 13.3. The fourth-order valence-corrected chi connectivity index (χ4v) is 3.17. The van der Waals surface area contributed by atoms with Crippen molar-refractivity contribution in [3.05, 3.63) is 62.4 Å². The van der Waals surface area contributed by atoms with E-state index in [4.69, 9.17) is 0 Å². The maximum atomic E-state index is 12.5. The van der Waals surface area contributed by atoms with Crippen LogP contribution in [0.5, 0.6) is 0 Å². The van der Waals surface area contributed by atoms with Gasteiger partial charge in [-0.1, -0.05) is 30.3 Å². The molecule has 2 aromatic rings. The highest BCUT2D eigenvalue weighted by atomic mass is 16.2. The lowest BCUT2D eigenvalue weighted by atomic mass is 10.0. The lowest BCUT2D eigenvalue weighted by Crippen LogP contribution is -2.37. The number of H-pyrrole nitrogens is 2. The van der Waals surface area contributed by atoms with Gasteiger partial charge in [0.15, 0.2) is 0 Å². The van der Waals surface area contributed by atoms with Crippen molar-refractivity contribution < 1.29 is 4.79 Å². The van der Waals surface area contributed by atoms with Crippen LogP contribution in [0.3, 0.4) is 0 Å². The summed E-state index contributed by atoms with van der Waals surface area (Å²) in [5.41, 5.74) is 0.231. The zero-order valence-corrected chi connectivity index (χ0v) is 13.3. The Bertz CT molecular complexity index is 812. The number of carbonyl (C=O) groups excluding carboxylic acids is 1. The number of aromatic nitrogens is 3. The average molecular weight is 328 g/mol. The second-order valence-electron chi connectivity index (χ2n) is 6.03. The summed E-state index contributed by atoms with van der Waals surface area (Å²) < 4.78 is 0. The summed E-state index contributed by atoms with van der Waals surface area (Å²) in [4.78, 5) is 39.1. The van der Waals surface area contributed by atoms with Crippen molar-refractivity contribution in [1.82, 2.24) is 20.1 Å². The molecule has 1 fully saturated rings. The lowest BCUT2D eigenvalue weighted by molar-refractivity contribution is -0.131. The number of aryl methyl sites for hydroxylation is 1. The van der Waals surface area contributed by atoms with Crippen LogP contribution in [0.15, 0.2) is 39.9 Å². The van der Waals surface area contributed by atoms with Crippen molar-refractivity contribution in [2.75, 3.05) is 6.54 Å². The molecule has 0 saturated carbocycles. The smallest absolute Gasteiger partial charge is 0.339 e. The maximum absolute atomic E-state index is 12.5. The van der Waals surface area contributed by atoms with Gasteiger partial charge in [-0.15, -0.1) is 0 Å². The van der Waals surface area contributed by atoms with Crippen LogP contribution < -0.4 is 11.2 Å². The minimum Gasteiger partial charge on any atom is -0.339 e. The van der Waals surface area contributed by atoms with E-state index in [9.17, 15) is 14.4 Å². The first-order valence-electron chi connectivity index (χ1n) is 8.15. The molecule has 1 aromatic carbocycles. The molecule has 0 unspecified atom stereocenters. The molecule has 7 nitrogen and oxygen atoms in total. The van der Waals surface area contributed by atoms with Crippen molar-refractivity contribution in [2.24, 2.45) is 0 Å². The summed E-state index contributed by atoms with van der Waals surface area (Å²) in [6, 6.07) is 10.3. The Hall–Kier alpha value is -2.70. The molecule has 0 radical (unpaired) electrons. The predicted molar refractivity (Wildman–Crippen MR) is 88.7 cm³/mol. The summed E-state index contributed by atoms with van der Waals surface area (Å²) in [6.45, 7) is 0.756. The molecule has 2 N–H and O–H groups in total. The minimum atomic E-state index is -0.641. The largest absolute Gasteiger partial charge is 0.342 e. The van der Waals surface area contributed by atoms with Gasteiger partial charge in [0.05, 0.1) is 0 Å². The van der Waals surface area contributed by atoms with Crippen molar-refractivity contribution in [1.29, 1.82) is 0 Å². The third-order valence-electron chi connectivity index (χ3n) is 4.37. The van der Waals surface area contributed by atoms with Crippen LogP contribution in [0, 0.1) is 0 Å². The Morgan fingerprint density at radius 3 is 2.79 bits per heavy atom. The Morgan fingerprint density at radius 2 is 2.04 bits per heavy atom. The predicted octanol–water partition coefficient (Wildman–Crippen LogP) is 0.625. The molecular weight excluding hydrogens is 308 g/mol. The third-order valence-corrected chi connectivity index (χ3v) is 4.37. The van der Waals surface area contributed by atoms with E-state index in [1.165, 1.54) is 5.56 Å². The van der Waals surface area contributed by atoms with Crippen molar-refractivity contribution >= 4 is 5.91 Å². The zero-order chi connectivity index (χ0) is 16.9. The highest BCUT2D eigenvalue weighted by Gasteiger charge is 2.28. The molecule has 1 aliphatic heterocycles. The summed E-state index contributed by atoms with van der Waals surface area (Å²) in [7, 11) is 0. The van der Waals surface area contributed by atoms with Gasteiger partial charge in [0.25, 0.3) is 5.56 Å². The SMILES string of the molecule is O=C(CCc1n[nH]c(=O)[nH]c1=O)N1CCC[C@@H]1Cc1ccccc1. The number of likely N-dealkylation sites (tertiary alicyclic amines) is 1. The van der Waals surface area contributed by atoms with Crippen LogP contribution in [0.4, 0.5) is 0 Å².